The molecule has 0 aliphatic rings. The van der Waals surface area contributed by atoms with Crippen LogP contribution in [0.5, 0.6) is 5.75 Å². The van der Waals surface area contributed by atoms with E-state index in [9.17, 15) is 13.2 Å². The minimum atomic E-state index is -4.64. The van der Waals surface area contributed by atoms with Gasteiger partial charge in [0.1, 0.15) is 5.75 Å². The fourth-order valence-electron chi connectivity index (χ4n) is 0.837. The van der Waals surface area contributed by atoms with Gasteiger partial charge in [-0.05, 0) is 40.4 Å². The average Bonchev–Trinajstić information content (AvgIpc) is 2.06. The molecule has 0 N–H and O–H groups in total. The zero-order chi connectivity index (χ0) is 10.8. The van der Waals surface area contributed by atoms with Crippen LogP contribution < -0.4 is 4.74 Å². The molecule has 0 aromatic heterocycles. The first kappa shape index (κ1) is 11.7. The Hall–Kier alpha value is -0.360. The SMILES string of the molecule is CSc1cc(OC(F)(F)F)ccc1Br. The third kappa shape index (κ3) is 3.42. The van der Waals surface area contributed by atoms with Gasteiger partial charge in [-0.2, -0.15) is 0 Å². The highest BCUT2D eigenvalue weighted by atomic mass is 79.9. The van der Waals surface area contributed by atoms with Crippen molar-refractivity contribution in [2.45, 2.75) is 11.3 Å². The van der Waals surface area contributed by atoms with E-state index in [1.54, 1.807) is 6.26 Å². The summed E-state index contributed by atoms with van der Waals surface area (Å²) < 4.78 is 40.0. The van der Waals surface area contributed by atoms with Gasteiger partial charge in [0.2, 0.25) is 0 Å². The molecule has 0 bridgehead atoms. The van der Waals surface area contributed by atoms with Crippen LogP contribution in [0.25, 0.3) is 0 Å². The first-order chi connectivity index (χ1) is 6.42. The molecule has 78 valence electrons. The molecule has 0 aliphatic heterocycles. The van der Waals surface area contributed by atoms with Crippen molar-refractivity contribution in [3.63, 3.8) is 0 Å². The van der Waals surface area contributed by atoms with Crippen LogP contribution in [0.1, 0.15) is 0 Å². The summed E-state index contributed by atoms with van der Waals surface area (Å²) in [6, 6.07) is 4.12. The molecule has 1 rings (SSSR count). The van der Waals surface area contributed by atoms with Gasteiger partial charge in [0, 0.05) is 9.37 Å². The van der Waals surface area contributed by atoms with E-state index in [1.807, 2.05) is 0 Å². The number of thioether (sulfide) groups is 1. The predicted molar refractivity (Wildman–Crippen MR) is 52.6 cm³/mol. The molecule has 0 radical (unpaired) electrons. The van der Waals surface area contributed by atoms with Crippen molar-refractivity contribution in [1.82, 2.24) is 0 Å². The lowest BCUT2D eigenvalue weighted by Gasteiger charge is -2.10. The van der Waals surface area contributed by atoms with Crippen LogP contribution in [0.3, 0.4) is 0 Å². The molecule has 0 saturated heterocycles. The molecule has 1 aromatic rings. The van der Waals surface area contributed by atoms with Crippen LogP contribution in [-0.2, 0) is 0 Å². The van der Waals surface area contributed by atoms with Crippen LogP contribution in [0.15, 0.2) is 27.6 Å². The molecule has 6 heteroatoms. The third-order valence-electron chi connectivity index (χ3n) is 1.36. The maximum atomic E-state index is 11.8. The smallest absolute Gasteiger partial charge is 0.406 e. The summed E-state index contributed by atoms with van der Waals surface area (Å²) >= 11 is 4.55. The van der Waals surface area contributed by atoms with Crippen LogP contribution in [0, 0.1) is 0 Å². The van der Waals surface area contributed by atoms with Crippen molar-refractivity contribution in [2.24, 2.45) is 0 Å². The fraction of sp³-hybridized carbons (Fsp3) is 0.250. The van der Waals surface area contributed by atoms with Gasteiger partial charge in [0.05, 0.1) is 0 Å². The number of alkyl halides is 3. The van der Waals surface area contributed by atoms with Gasteiger partial charge in [-0.3, -0.25) is 0 Å². The topological polar surface area (TPSA) is 9.23 Å². The number of rotatable bonds is 2. The van der Waals surface area contributed by atoms with Crippen molar-refractivity contribution in [3.05, 3.63) is 22.7 Å². The second-order valence-corrected chi connectivity index (χ2v) is 4.05. The minimum absolute atomic E-state index is 0.204. The third-order valence-corrected chi connectivity index (χ3v) is 3.09. The molecule has 0 heterocycles. The van der Waals surface area contributed by atoms with Gasteiger partial charge >= 0.3 is 6.36 Å². The predicted octanol–water partition coefficient (Wildman–Crippen LogP) is 4.07. The Bertz CT molecular complexity index is 327. The average molecular weight is 287 g/mol. The van der Waals surface area contributed by atoms with Crippen molar-refractivity contribution < 1.29 is 17.9 Å². The van der Waals surface area contributed by atoms with Crippen molar-refractivity contribution >= 4 is 27.7 Å². The van der Waals surface area contributed by atoms with Crippen molar-refractivity contribution in [1.29, 1.82) is 0 Å². The summed E-state index contributed by atoms with van der Waals surface area (Å²) in [6.45, 7) is 0. The Labute approximate surface area is 91.8 Å². The summed E-state index contributed by atoms with van der Waals surface area (Å²) in [6.07, 6.45) is -2.86. The lowest BCUT2D eigenvalue weighted by molar-refractivity contribution is -0.274. The fourth-order valence-corrected chi connectivity index (χ4v) is 2.07. The van der Waals surface area contributed by atoms with E-state index < -0.39 is 6.36 Å². The minimum Gasteiger partial charge on any atom is -0.406 e. The Morgan fingerprint density at radius 1 is 1.36 bits per heavy atom. The Morgan fingerprint density at radius 2 is 2.00 bits per heavy atom. The maximum Gasteiger partial charge on any atom is 0.573 e. The molecule has 0 saturated carbocycles. The quantitative estimate of drug-likeness (QED) is 0.758. The zero-order valence-electron chi connectivity index (χ0n) is 7.06. The van der Waals surface area contributed by atoms with Crippen LogP contribution >= 0.6 is 27.7 Å². The Kier molecular flexibility index (Phi) is 3.71. The lowest BCUT2D eigenvalue weighted by atomic mass is 10.3. The first-order valence-electron chi connectivity index (χ1n) is 3.51. The van der Waals surface area contributed by atoms with Gasteiger partial charge in [-0.1, -0.05) is 0 Å². The molecular weight excluding hydrogens is 281 g/mol. The molecule has 0 aliphatic carbocycles. The highest BCUT2D eigenvalue weighted by Gasteiger charge is 2.31. The van der Waals surface area contributed by atoms with E-state index in [-0.39, 0.29) is 5.75 Å². The highest BCUT2D eigenvalue weighted by molar-refractivity contribution is 9.10. The summed E-state index contributed by atoms with van der Waals surface area (Å²) in [5.41, 5.74) is 0. The second-order valence-electron chi connectivity index (χ2n) is 2.34. The monoisotopic (exact) mass is 286 g/mol. The summed E-state index contributed by atoms with van der Waals surface area (Å²) in [5.74, 6) is -0.204. The van der Waals surface area contributed by atoms with Gasteiger partial charge in [-0.15, -0.1) is 24.9 Å². The Balaban J connectivity index is 2.90. The van der Waals surface area contributed by atoms with Crippen LogP contribution in [0.2, 0.25) is 0 Å². The highest BCUT2D eigenvalue weighted by Crippen LogP contribution is 2.31. The summed E-state index contributed by atoms with van der Waals surface area (Å²) in [4.78, 5) is 0.701. The van der Waals surface area contributed by atoms with E-state index >= 15 is 0 Å². The second kappa shape index (κ2) is 4.44. The van der Waals surface area contributed by atoms with Crippen molar-refractivity contribution in [3.8, 4) is 5.75 Å². The number of hydrogen-bond acceptors (Lipinski definition) is 2. The molecule has 1 aromatic carbocycles. The summed E-state index contributed by atoms with van der Waals surface area (Å²) in [7, 11) is 0. The molecule has 0 amide bonds. The van der Waals surface area contributed by atoms with E-state index in [0.717, 1.165) is 4.47 Å². The van der Waals surface area contributed by atoms with Gasteiger partial charge in [0.25, 0.3) is 0 Å². The normalized spacial score (nSPS) is 11.5. The van der Waals surface area contributed by atoms with E-state index in [1.165, 1.54) is 30.0 Å². The van der Waals surface area contributed by atoms with Crippen molar-refractivity contribution in [2.75, 3.05) is 6.26 Å². The molecule has 0 unspecified atom stereocenters. The number of benzene rings is 1. The van der Waals surface area contributed by atoms with E-state index in [4.69, 9.17) is 0 Å². The van der Waals surface area contributed by atoms with Crippen LogP contribution in [-0.4, -0.2) is 12.6 Å². The Morgan fingerprint density at radius 3 is 2.50 bits per heavy atom. The zero-order valence-corrected chi connectivity index (χ0v) is 9.46. The van der Waals surface area contributed by atoms with Gasteiger partial charge < -0.3 is 4.74 Å². The molecule has 0 spiro atoms. The molecule has 1 nitrogen and oxygen atoms in total. The van der Waals surface area contributed by atoms with Crippen LogP contribution in [0.4, 0.5) is 13.2 Å². The van der Waals surface area contributed by atoms with E-state index in [0.29, 0.717) is 4.90 Å². The van der Waals surface area contributed by atoms with Gasteiger partial charge in [0.15, 0.2) is 0 Å². The maximum absolute atomic E-state index is 11.8. The molecule has 0 fully saturated rings. The molecule has 14 heavy (non-hydrogen) atoms. The summed E-state index contributed by atoms with van der Waals surface area (Å²) in [5, 5.41) is 0. The molecule has 0 atom stereocenters. The lowest BCUT2D eigenvalue weighted by Crippen LogP contribution is -2.17. The van der Waals surface area contributed by atoms with E-state index in [2.05, 4.69) is 20.7 Å². The first-order valence-corrected chi connectivity index (χ1v) is 5.53. The van der Waals surface area contributed by atoms with Gasteiger partial charge in [-0.25, -0.2) is 0 Å². The molecular formula is C8H6BrF3OS. The number of ether oxygens (including phenoxy) is 1. The largest absolute Gasteiger partial charge is 0.573 e. The number of halogens is 4. The number of hydrogen-bond donors (Lipinski definition) is 0. The standard InChI is InChI=1S/C8H6BrF3OS/c1-14-7-4-5(2-3-6(7)9)13-8(10,11)12/h2-4H,1H3.